The van der Waals surface area contributed by atoms with Gasteiger partial charge in [0.15, 0.2) is 12.6 Å². The third-order valence-corrected chi connectivity index (χ3v) is 3.82. The van der Waals surface area contributed by atoms with Crippen molar-refractivity contribution in [2.24, 2.45) is 0 Å². The van der Waals surface area contributed by atoms with Gasteiger partial charge in [-0.2, -0.15) is 0 Å². The van der Waals surface area contributed by atoms with Gasteiger partial charge in [-0.05, 0) is 6.92 Å². The Morgan fingerprint density at radius 2 is 1.67 bits per heavy atom. The molecule has 2 aliphatic heterocycles. The summed E-state index contributed by atoms with van der Waals surface area (Å²) < 4.78 is 15.5. The van der Waals surface area contributed by atoms with E-state index >= 15 is 0 Å². The summed E-state index contributed by atoms with van der Waals surface area (Å²) in [5.41, 5.74) is 0. The Balaban J connectivity index is 2.05. The summed E-state index contributed by atoms with van der Waals surface area (Å²) in [5, 5.41) is 57.8. The summed E-state index contributed by atoms with van der Waals surface area (Å²) in [5.74, 6) is 0. The highest BCUT2D eigenvalue weighted by molar-refractivity contribution is 4.91. The zero-order valence-electron chi connectivity index (χ0n) is 11.5. The quantitative estimate of drug-likeness (QED) is 0.314. The van der Waals surface area contributed by atoms with E-state index in [-0.39, 0.29) is 6.42 Å². The molecule has 0 aromatic heterocycles. The third kappa shape index (κ3) is 3.52. The number of aliphatic hydroxyl groups is 6. The van der Waals surface area contributed by atoms with Gasteiger partial charge in [-0.15, -0.1) is 0 Å². The van der Waals surface area contributed by atoms with E-state index in [0.717, 1.165) is 0 Å². The lowest BCUT2D eigenvalue weighted by Crippen LogP contribution is -2.61. The monoisotopic (exact) mass is 310 g/mol. The molecule has 2 saturated heterocycles. The van der Waals surface area contributed by atoms with Gasteiger partial charge in [0.2, 0.25) is 0 Å². The minimum atomic E-state index is -1.64. The molecule has 2 fully saturated rings. The summed E-state index contributed by atoms with van der Waals surface area (Å²) in [6.07, 6.45) is -10.8. The van der Waals surface area contributed by atoms with Crippen molar-refractivity contribution < 1.29 is 44.8 Å². The van der Waals surface area contributed by atoms with Gasteiger partial charge in [0.25, 0.3) is 0 Å². The standard InChI is InChI=1S/C12H22O9/c1-4-5(14)2-6(15)12(19-4)21-10-8(16)7(3-13)20-11(18)9(10)17/h4-18H,2-3H2,1H3/t4-,5+,6+,7-,8-,9+,10+,11?,12-/m1/s1. The van der Waals surface area contributed by atoms with Crippen LogP contribution in [0.4, 0.5) is 0 Å². The van der Waals surface area contributed by atoms with E-state index < -0.39 is 61.9 Å². The first-order chi connectivity index (χ1) is 9.85. The van der Waals surface area contributed by atoms with Gasteiger partial charge < -0.3 is 44.8 Å². The lowest BCUT2D eigenvalue weighted by molar-refractivity contribution is -0.341. The van der Waals surface area contributed by atoms with Crippen LogP contribution in [0.2, 0.25) is 0 Å². The lowest BCUT2D eigenvalue weighted by Gasteiger charge is -2.43. The van der Waals surface area contributed by atoms with Crippen molar-refractivity contribution in [3.8, 4) is 0 Å². The van der Waals surface area contributed by atoms with Crippen LogP contribution in [0, 0.1) is 0 Å². The SMILES string of the molecule is C[C@H]1O[C@H](O[C@H]2[C@H](O)[C@@H](CO)OC(O)[C@H]2O)[C@@H](O)C[C@@H]1O. The molecule has 21 heavy (non-hydrogen) atoms. The fourth-order valence-corrected chi connectivity index (χ4v) is 2.45. The first kappa shape index (κ1) is 17.0. The molecule has 2 aliphatic rings. The van der Waals surface area contributed by atoms with Crippen molar-refractivity contribution in [3.05, 3.63) is 0 Å². The minimum Gasteiger partial charge on any atom is -0.394 e. The Bertz CT molecular complexity index is 341. The van der Waals surface area contributed by atoms with Crippen LogP contribution in [0.1, 0.15) is 13.3 Å². The average molecular weight is 310 g/mol. The smallest absolute Gasteiger partial charge is 0.184 e. The second-order valence-electron chi connectivity index (χ2n) is 5.41. The van der Waals surface area contributed by atoms with Gasteiger partial charge in [0, 0.05) is 6.42 Å². The summed E-state index contributed by atoms with van der Waals surface area (Å²) in [4.78, 5) is 0. The van der Waals surface area contributed by atoms with E-state index in [1.54, 1.807) is 6.92 Å². The van der Waals surface area contributed by atoms with Crippen molar-refractivity contribution in [1.82, 2.24) is 0 Å². The molecule has 2 heterocycles. The van der Waals surface area contributed by atoms with Crippen LogP contribution in [-0.4, -0.2) is 92.6 Å². The normalized spacial score (nSPS) is 51.9. The molecular weight excluding hydrogens is 288 g/mol. The molecule has 0 aromatic carbocycles. The molecular formula is C12H22O9. The minimum absolute atomic E-state index is 0.0211. The van der Waals surface area contributed by atoms with E-state index in [1.165, 1.54) is 0 Å². The predicted octanol–water partition coefficient (Wildman–Crippen LogP) is -3.34. The summed E-state index contributed by atoms with van der Waals surface area (Å²) >= 11 is 0. The third-order valence-electron chi connectivity index (χ3n) is 3.82. The van der Waals surface area contributed by atoms with Gasteiger partial charge >= 0.3 is 0 Å². The highest BCUT2D eigenvalue weighted by atomic mass is 16.7. The maximum absolute atomic E-state index is 9.98. The van der Waals surface area contributed by atoms with E-state index in [1.807, 2.05) is 0 Å². The second-order valence-corrected chi connectivity index (χ2v) is 5.41. The van der Waals surface area contributed by atoms with E-state index in [2.05, 4.69) is 0 Å². The number of hydrogen-bond acceptors (Lipinski definition) is 9. The lowest BCUT2D eigenvalue weighted by atomic mass is 9.98. The van der Waals surface area contributed by atoms with Gasteiger partial charge in [-0.25, -0.2) is 0 Å². The topological polar surface area (TPSA) is 149 Å². The molecule has 0 bridgehead atoms. The van der Waals surface area contributed by atoms with Gasteiger partial charge in [-0.3, -0.25) is 0 Å². The number of rotatable bonds is 3. The van der Waals surface area contributed by atoms with Crippen molar-refractivity contribution in [2.45, 2.75) is 68.7 Å². The van der Waals surface area contributed by atoms with Crippen molar-refractivity contribution in [1.29, 1.82) is 0 Å². The Morgan fingerprint density at radius 3 is 2.29 bits per heavy atom. The molecule has 2 rings (SSSR count). The molecule has 0 spiro atoms. The maximum atomic E-state index is 9.98. The molecule has 1 unspecified atom stereocenters. The summed E-state index contributed by atoms with van der Waals surface area (Å²) in [6.45, 7) is 1.02. The Kier molecular flexibility index (Phi) is 5.52. The van der Waals surface area contributed by atoms with Crippen molar-refractivity contribution >= 4 is 0 Å². The zero-order chi connectivity index (χ0) is 15.7. The zero-order valence-corrected chi connectivity index (χ0v) is 11.5. The molecule has 9 atom stereocenters. The Hall–Kier alpha value is -0.360. The Morgan fingerprint density at radius 1 is 1.00 bits per heavy atom. The van der Waals surface area contributed by atoms with E-state index in [0.29, 0.717) is 0 Å². The van der Waals surface area contributed by atoms with Crippen LogP contribution in [-0.2, 0) is 14.2 Å². The molecule has 9 nitrogen and oxygen atoms in total. The average Bonchev–Trinajstić information content (AvgIpc) is 2.44. The van der Waals surface area contributed by atoms with E-state index in [9.17, 15) is 25.5 Å². The van der Waals surface area contributed by atoms with Crippen LogP contribution >= 0.6 is 0 Å². The molecule has 9 heteroatoms. The highest BCUT2D eigenvalue weighted by Gasteiger charge is 2.47. The van der Waals surface area contributed by atoms with Gasteiger partial charge in [0.05, 0.1) is 18.8 Å². The summed E-state index contributed by atoms with van der Waals surface area (Å²) in [6, 6.07) is 0. The molecule has 124 valence electrons. The van der Waals surface area contributed by atoms with E-state index in [4.69, 9.17) is 19.3 Å². The molecule has 0 amide bonds. The van der Waals surface area contributed by atoms with Gasteiger partial charge in [-0.1, -0.05) is 0 Å². The van der Waals surface area contributed by atoms with Crippen molar-refractivity contribution in [3.63, 3.8) is 0 Å². The number of ether oxygens (including phenoxy) is 3. The largest absolute Gasteiger partial charge is 0.394 e. The number of aliphatic hydroxyl groups excluding tert-OH is 6. The fraction of sp³-hybridized carbons (Fsp3) is 1.00. The predicted molar refractivity (Wildman–Crippen MR) is 65.8 cm³/mol. The fourth-order valence-electron chi connectivity index (χ4n) is 2.45. The highest BCUT2D eigenvalue weighted by Crippen LogP contribution is 2.27. The van der Waals surface area contributed by atoms with Crippen LogP contribution in [0.15, 0.2) is 0 Å². The maximum Gasteiger partial charge on any atom is 0.184 e. The van der Waals surface area contributed by atoms with Crippen LogP contribution in [0.5, 0.6) is 0 Å². The molecule has 6 N–H and O–H groups in total. The van der Waals surface area contributed by atoms with Crippen LogP contribution in [0.25, 0.3) is 0 Å². The number of hydrogen-bond donors (Lipinski definition) is 6. The van der Waals surface area contributed by atoms with Gasteiger partial charge in [0.1, 0.15) is 30.5 Å². The Labute approximate surface area is 121 Å². The second kappa shape index (κ2) is 6.82. The van der Waals surface area contributed by atoms with Crippen molar-refractivity contribution in [2.75, 3.05) is 6.61 Å². The molecule has 0 aliphatic carbocycles. The first-order valence-corrected chi connectivity index (χ1v) is 6.82. The first-order valence-electron chi connectivity index (χ1n) is 6.82. The van der Waals surface area contributed by atoms with Crippen LogP contribution in [0.3, 0.4) is 0 Å². The molecule has 0 aromatic rings. The molecule has 0 radical (unpaired) electrons. The van der Waals surface area contributed by atoms with Crippen LogP contribution < -0.4 is 0 Å². The molecule has 0 saturated carbocycles. The summed E-state index contributed by atoms with van der Waals surface area (Å²) in [7, 11) is 0.